The summed E-state index contributed by atoms with van der Waals surface area (Å²) in [4.78, 5) is 26.7. The van der Waals surface area contributed by atoms with Gasteiger partial charge in [-0.05, 0) is 49.2 Å². The fourth-order valence-electron chi connectivity index (χ4n) is 2.97. The number of anilines is 2. The molecular formula is C19H18Cl2N2O2. The Hall–Kier alpha value is -2.04. The molecule has 1 atom stereocenters. The van der Waals surface area contributed by atoms with Crippen LogP contribution in [0.25, 0.3) is 0 Å². The molecule has 130 valence electrons. The van der Waals surface area contributed by atoms with E-state index in [1.165, 1.54) is 0 Å². The smallest absolute Gasteiger partial charge is 0.229 e. The van der Waals surface area contributed by atoms with Gasteiger partial charge in [0.15, 0.2) is 0 Å². The van der Waals surface area contributed by atoms with E-state index >= 15 is 0 Å². The van der Waals surface area contributed by atoms with Crippen molar-refractivity contribution < 1.29 is 9.59 Å². The predicted octanol–water partition coefficient (Wildman–Crippen LogP) is 4.60. The monoisotopic (exact) mass is 376 g/mol. The largest absolute Gasteiger partial charge is 0.324 e. The third kappa shape index (κ3) is 3.65. The first-order valence-corrected chi connectivity index (χ1v) is 8.75. The Morgan fingerprint density at radius 1 is 1.20 bits per heavy atom. The van der Waals surface area contributed by atoms with Crippen LogP contribution in [0.5, 0.6) is 0 Å². The van der Waals surface area contributed by atoms with Crippen molar-refractivity contribution in [2.75, 3.05) is 16.8 Å². The predicted molar refractivity (Wildman–Crippen MR) is 101 cm³/mol. The minimum atomic E-state index is -0.428. The van der Waals surface area contributed by atoms with E-state index in [2.05, 4.69) is 5.32 Å². The number of hydrogen-bond donors (Lipinski definition) is 1. The molecule has 6 heteroatoms. The highest BCUT2D eigenvalue weighted by Gasteiger charge is 2.36. The Morgan fingerprint density at radius 3 is 2.72 bits per heavy atom. The number of rotatable bonds is 3. The number of halogens is 2. The molecular weight excluding hydrogens is 359 g/mol. The summed E-state index contributed by atoms with van der Waals surface area (Å²) in [5.74, 6) is -0.709. The molecule has 1 fully saturated rings. The molecule has 0 aromatic heterocycles. The van der Waals surface area contributed by atoms with Crippen LogP contribution >= 0.6 is 23.2 Å². The van der Waals surface area contributed by atoms with E-state index in [-0.39, 0.29) is 18.2 Å². The average Bonchev–Trinajstić information content (AvgIpc) is 2.95. The molecule has 1 unspecified atom stereocenters. The van der Waals surface area contributed by atoms with Crippen LogP contribution in [0.15, 0.2) is 36.4 Å². The Bertz CT molecular complexity index is 851. The van der Waals surface area contributed by atoms with E-state index < -0.39 is 5.92 Å². The number of nitrogens with one attached hydrogen (secondary N) is 1. The maximum Gasteiger partial charge on any atom is 0.229 e. The van der Waals surface area contributed by atoms with Gasteiger partial charge in [-0.25, -0.2) is 0 Å². The summed E-state index contributed by atoms with van der Waals surface area (Å²) < 4.78 is 0. The minimum absolute atomic E-state index is 0.0500. The van der Waals surface area contributed by atoms with Gasteiger partial charge in [0.2, 0.25) is 11.8 Å². The lowest BCUT2D eigenvalue weighted by Crippen LogP contribution is -2.28. The Kier molecular flexibility index (Phi) is 5.02. The lowest BCUT2D eigenvalue weighted by Gasteiger charge is -2.20. The Morgan fingerprint density at radius 2 is 1.96 bits per heavy atom. The molecule has 1 N–H and O–H groups in total. The standard InChI is InChI=1S/C19H18Cl2N2O2/c1-11-4-3-5-17(12(11)2)23-10-13(8-18(23)24)19(25)22-16-9-14(20)6-7-15(16)21/h3-7,9,13H,8,10H2,1-2H3,(H,22,25). The van der Waals surface area contributed by atoms with Gasteiger partial charge in [-0.3, -0.25) is 9.59 Å². The molecule has 0 spiro atoms. The van der Waals surface area contributed by atoms with Crippen LogP contribution in [-0.4, -0.2) is 18.4 Å². The molecule has 0 aliphatic carbocycles. The zero-order chi connectivity index (χ0) is 18.1. The first kappa shape index (κ1) is 17.8. The highest BCUT2D eigenvalue weighted by atomic mass is 35.5. The third-order valence-corrected chi connectivity index (χ3v) is 5.11. The van der Waals surface area contributed by atoms with Gasteiger partial charge in [-0.2, -0.15) is 0 Å². The Labute approximate surface area is 156 Å². The van der Waals surface area contributed by atoms with E-state index in [4.69, 9.17) is 23.2 Å². The maximum absolute atomic E-state index is 12.6. The summed E-state index contributed by atoms with van der Waals surface area (Å²) in [7, 11) is 0. The number of nitrogens with zero attached hydrogens (tertiary/aromatic N) is 1. The summed E-state index contributed by atoms with van der Waals surface area (Å²) >= 11 is 12.0. The van der Waals surface area contributed by atoms with E-state index in [1.807, 2.05) is 32.0 Å². The van der Waals surface area contributed by atoms with Crippen molar-refractivity contribution in [2.45, 2.75) is 20.3 Å². The third-order valence-electron chi connectivity index (χ3n) is 4.55. The van der Waals surface area contributed by atoms with Gasteiger partial charge >= 0.3 is 0 Å². The number of hydrogen-bond acceptors (Lipinski definition) is 2. The first-order valence-electron chi connectivity index (χ1n) is 7.99. The number of aryl methyl sites for hydroxylation is 1. The van der Waals surface area contributed by atoms with E-state index in [9.17, 15) is 9.59 Å². The highest BCUT2D eigenvalue weighted by Crippen LogP contribution is 2.31. The van der Waals surface area contributed by atoms with Crippen molar-refractivity contribution in [3.8, 4) is 0 Å². The van der Waals surface area contributed by atoms with Crippen LogP contribution in [0.3, 0.4) is 0 Å². The number of amides is 2. The van der Waals surface area contributed by atoms with Crippen LogP contribution in [0, 0.1) is 19.8 Å². The van der Waals surface area contributed by atoms with Gasteiger partial charge in [0.25, 0.3) is 0 Å². The molecule has 1 aliphatic heterocycles. The lowest BCUT2D eigenvalue weighted by molar-refractivity contribution is -0.122. The van der Waals surface area contributed by atoms with Gasteiger partial charge in [-0.15, -0.1) is 0 Å². The van der Waals surface area contributed by atoms with Crippen molar-refractivity contribution in [3.63, 3.8) is 0 Å². The van der Waals surface area contributed by atoms with Crippen LogP contribution in [0.2, 0.25) is 10.0 Å². The van der Waals surface area contributed by atoms with Crippen molar-refractivity contribution in [2.24, 2.45) is 5.92 Å². The summed E-state index contributed by atoms with van der Waals surface area (Å²) in [5.41, 5.74) is 3.48. The van der Waals surface area contributed by atoms with Gasteiger partial charge < -0.3 is 10.2 Å². The fraction of sp³-hybridized carbons (Fsp3) is 0.263. The van der Waals surface area contributed by atoms with Gasteiger partial charge in [0.05, 0.1) is 16.6 Å². The maximum atomic E-state index is 12.6. The van der Waals surface area contributed by atoms with E-state index in [0.717, 1.165) is 16.8 Å². The molecule has 2 amide bonds. The SMILES string of the molecule is Cc1cccc(N2CC(C(=O)Nc3cc(Cl)ccc3Cl)CC2=O)c1C. The molecule has 0 radical (unpaired) electrons. The second-order valence-electron chi connectivity index (χ2n) is 6.24. The molecule has 25 heavy (non-hydrogen) atoms. The Balaban J connectivity index is 1.77. The second kappa shape index (κ2) is 7.06. The molecule has 1 aliphatic rings. The number of benzene rings is 2. The van der Waals surface area contributed by atoms with E-state index in [1.54, 1.807) is 23.1 Å². The lowest BCUT2D eigenvalue weighted by atomic mass is 10.1. The normalized spacial score (nSPS) is 17.0. The number of carbonyl (C=O) groups is 2. The average molecular weight is 377 g/mol. The quantitative estimate of drug-likeness (QED) is 0.850. The molecule has 4 nitrogen and oxygen atoms in total. The van der Waals surface area contributed by atoms with Gasteiger partial charge in [-0.1, -0.05) is 35.3 Å². The molecule has 1 saturated heterocycles. The topological polar surface area (TPSA) is 49.4 Å². The summed E-state index contributed by atoms with van der Waals surface area (Å²) in [6.45, 7) is 4.34. The van der Waals surface area contributed by atoms with Crippen LogP contribution < -0.4 is 10.2 Å². The highest BCUT2D eigenvalue weighted by molar-refractivity contribution is 6.35. The minimum Gasteiger partial charge on any atom is -0.324 e. The molecule has 0 bridgehead atoms. The fourth-order valence-corrected chi connectivity index (χ4v) is 3.31. The first-order chi connectivity index (χ1) is 11.9. The molecule has 2 aromatic carbocycles. The van der Waals surface area contributed by atoms with Crippen LogP contribution in [-0.2, 0) is 9.59 Å². The molecule has 0 saturated carbocycles. The molecule has 1 heterocycles. The van der Waals surface area contributed by atoms with E-state index in [0.29, 0.717) is 22.3 Å². The van der Waals surface area contributed by atoms with Crippen LogP contribution in [0.1, 0.15) is 17.5 Å². The van der Waals surface area contributed by atoms with Gasteiger partial charge in [0.1, 0.15) is 0 Å². The van der Waals surface area contributed by atoms with Crippen molar-refractivity contribution in [3.05, 3.63) is 57.6 Å². The number of carbonyl (C=O) groups excluding carboxylic acids is 2. The molecule has 2 aromatic rings. The zero-order valence-electron chi connectivity index (χ0n) is 14.0. The van der Waals surface area contributed by atoms with Crippen LogP contribution in [0.4, 0.5) is 11.4 Å². The zero-order valence-corrected chi connectivity index (χ0v) is 15.5. The van der Waals surface area contributed by atoms with Gasteiger partial charge in [0, 0.05) is 23.7 Å². The second-order valence-corrected chi connectivity index (χ2v) is 7.08. The summed E-state index contributed by atoms with van der Waals surface area (Å²) in [6, 6.07) is 10.7. The van der Waals surface area contributed by atoms with Crippen molar-refractivity contribution >= 4 is 46.4 Å². The van der Waals surface area contributed by atoms with Crippen molar-refractivity contribution in [1.82, 2.24) is 0 Å². The summed E-state index contributed by atoms with van der Waals surface area (Å²) in [6.07, 6.45) is 0.178. The molecule has 3 rings (SSSR count). The summed E-state index contributed by atoms with van der Waals surface area (Å²) in [5, 5.41) is 3.67. The van der Waals surface area contributed by atoms with Crippen molar-refractivity contribution in [1.29, 1.82) is 0 Å².